The minimum absolute atomic E-state index is 0.234. The number of hydrogen-bond donors (Lipinski definition) is 1. The van der Waals surface area contributed by atoms with Crippen molar-refractivity contribution < 1.29 is 4.39 Å². The van der Waals surface area contributed by atoms with E-state index >= 15 is 0 Å². The van der Waals surface area contributed by atoms with E-state index in [-0.39, 0.29) is 5.82 Å². The Morgan fingerprint density at radius 1 is 0.893 bits per heavy atom. The van der Waals surface area contributed by atoms with E-state index in [0.29, 0.717) is 13.1 Å². The predicted octanol–water partition coefficient (Wildman–Crippen LogP) is 4.67. The van der Waals surface area contributed by atoms with E-state index in [1.165, 1.54) is 6.07 Å². The number of fused-ring (bicyclic) bond motifs is 2. The summed E-state index contributed by atoms with van der Waals surface area (Å²) in [7, 11) is 0. The number of para-hydroxylation sites is 1. The van der Waals surface area contributed by atoms with Gasteiger partial charge in [0.1, 0.15) is 5.82 Å². The quantitative estimate of drug-likeness (QED) is 0.478. The Kier molecular flexibility index (Phi) is 5.44. The molecular weight excluding hydrogens is 351 g/mol. The molecule has 4 nitrogen and oxygen atoms in total. The number of benzene rings is 2. The molecule has 0 bridgehead atoms. The van der Waals surface area contributed by atoms with Crippen molar-refractivity contribution in [2.45, 2.75) is 19.4 Å². The summed E-state index contributed by atoms with van der Waals surface area (Å²) in [6, 6.07) is 17.0. The summed E-state index contributed by atoms with van der Waals surface area (Å²) in [5.41, 5.74) is 8.69. The Morgan fingerprint density at radius 3 is 2.68 bits per heavy atom. The summed E-state index contributed by atoms with van der Waals surface area (Å²) in [5.74, 6) is -0.234. The summed E-state index contributed by atoms with van der Waals surface area (Å²) >= 11 is 0. The highest BCUT2D eigenvalue weighted by Gasteiger charge is 2.14. The van der Waals surface area contributed by atoms with Crippen molar-refractivity contribution in [3.05, 3.63) is 78.5 Å². The maximum absolute atomic E-state index is 13.6. The molecule has 2 aromatic heterocycles. The van der Waals surface area contributed by atoms with Crippen LogP contribution in [0, 0.1) is 5.82 Å². The van der Waals surface area contributed by atoms with Crippen molar-refractivity contribution >= 4 is 27.4 Å². The minimum Gasteiger partial charge on any atom is -0.364 e. The van der Waals surface area contributed by atoms with Gasteiger partial charge in [-0.3, -0.25) is 9.97 Å². The van der Waals surface area contributed by atoms with Gasteiger partial charge in [-0.05, 0) is 61.2 Å². The molecule has 0 aliphatic carbocycles. The average molecular weight is 374 g/mol. The van der Waals surface area contributed by atoms with Gasteiger partial charge in [-0.1, -0.05) is 18.2 Å². The Bertz CT molecular complexity index is 1090. The Hall–Kier alpha value is -3.05. The zero-order chi connectivity index (χ0) is 19.3. The molecule has 0 aliphatic heterocycles. The van der Waals surface area contributed by atoms with Gasteiger partial charge < -0.3 is 10.6 Å². The second kappa shape index (κ2) is 8.31. The molecule has 2 N–H and O–H groups in total. The number of rotatable bonds is 7. The van der Waals surface area contributed by atoms with E-state index in [1.807, 2.05) is 24.4 Å². The van der Waals surface area contributed by atoms with Crippen LogP contribution in [0.1, 0.15) is 18.5 Å². The lowest BCUT2D eigenvalue weighted by Crippen LogP contribution is -2.25. The van der Waals surface area contributed by atoms with Crippen LogP contribution in [0.15, 0.2) is 67.0 Å². The first-order valence-electron chi connectivity index (χ1n) is 9.58. The van der Waals surface area contributed by atoms with Crippen LogP contribution < -0.4 is 10.6 Å². The summed E-state index contributed by atoms with van der Waals surface area (Å²) in [4.78, 5) is 11.5. The SMILES string of the molecule is NCCCCN(Cc1nccc2cc(F)ccc12)c1cccc2cccnc12. The van der Waals surface area contributed by atoms with Crippen molar-refractivity contribution in [2.24, 2.45) is 5.73 Å². The number of halogens is 1. The van der Waals surface area contributed by atoms with Gasteiger partial charge in [0, 0.05) is 29.7 Å². The molecule has 142 valence electrons. The van der Waals surface area contributed by atoms with Crippen molar-refractivity contribution in [3.63, 3.8) is 0 Å². The molecule has 2 aromatic carbocycles. The molecular formula is C23H23FN4. The van der Waals surface area contributed by atoms with Crippen LogP contribution in [0.2, 0.25) is 0 Å². The van der Waals surface area contributed by atoms with Crippen molar-refractivity contribution in [1.82, 2.24) is 9.97 Å². The normalized spacial score (nSPS) is 11.2. The van der Waals surface area contributed by atoms with Gasteiger partial charge in [-0.15, -0.1) is 0 Å². The van der Waals surface area contributed by atoms with Gasteiger partial charge in [-0.2, -0.15) is 0 Å². The summed E-state index contributed by atoms with van der Waals surface area (Å²) < 4.78 is 13.6. The van der Waals surface area contributed by atoms with E-state index < -0.39 is 0 Å². The molecule has 4 aromatic rings. The lowest BCUT2D eigenvalue weighted by Gasteiger charge is -2.26. The highest BCUT2D eigenvalue weighted by Crippen LogP contribution is 2.28. The first-order valence-corrected chi connectivity index (χ1v) is 9.58. The number of anilines is 1. The zero-order valence-corrected chi connectivity index (χ0v) is 15.7. The van der Waals surface area contributed by atoms with Gasteiger partial charge in [0.15, 0.2) is 0 Å². The number of hydrogen-bond acceptors (Lipinski definition) is 4. The van der Waals surface area contributed by atoms with Crippen molar-refractivity contribution in [1.29, 1.82) is 0 Å². The fourth-order valence-corrected chi connectivity index (χ4v) is 3.59. The molecule has 5 heteroatoms. The summed E-state index contributed by atoms with van der Waals surface area (Å²) in [6.45, 7) is 2.16. The predicted molar refractivity (Wildman–Crippen MR) is 113 cm³/mol. The van der Waals surface area contributed by atoms with Crippen LogP contribution in [-0.4, -0.2) is 23.1 Å². The maximum Gasteiger partial charge on any atom is 0.123 e. The number of nitrogens with zero attached hydrogens (tertiary/aromatic N) is 3. The Balaban J connectivity index is 1.75. The van der Waals surface area contributed by atoms with E-state index in [1.54, 1.807) is 12.3 Å². The highest BCUT2D eigenvalue weighted by molar-refractivity contribution is 5.91. The van der Waals surface area contributed by atoms with Gasteiger partial charge >= 0.3 is 0 Å². The molecule has 0 unspecified atom stereocenters. The maximum atomic E-state index is 13.6. The average Bonchev–Trinajstić information content (AvgIpc) is 2.72. The molecule has 0 fully saturated rings. The topological polar surface area (TPSA) is 55.0 Å². The number of unbranched alkanes of at least 4 members (excludes halogenated alkanes) is 1. The summed E-state index contributed by atoms with van der Waals surface area (Å²) in [6.07, 6.45) is 5.52. The molecule has 0 saturated heterocycles. The minimum atomic E-state index is -0.234. The summed E-state index contributed by atoms with van der Waals surface area (Å²) in [5, 5.41) is 2.95. The van der Waals surface area contributed by atoms with Gasteiger partial charge in [0.25, 0.3) is 0 Å². The standard InChI is InChI=1S/C23H23FN4/c24-19-8-9-20-18(15-19)10-13-26-21(20)16-28(14-2-1-11-25)22-7-3-5-17-6-4-12-27-23(17)22/h3-10,12-13,15H,1-2,11,14,16,25H2. The van der Waals surface area contributed by atoms with E-state index in [2.05, 4.69) is 39.1 Å². The van der Waals surface area contributed by atoms with Gasteiger partial charge in [-0.25, -0.2) is 4.39 Å². The van der Waals surface area contributed by atoms with Gasteiger partial charge in [0.05, 0.1) is 23.4 Å². The van der Waals surface area contributed by atoms with Crippen LogP contribution in [0.5, 0.6) is 0 Å². The number of pyridine rings is 2. The van der Waals surface area contributed by atoms with E-state index in [9.17, 15) is 4.39 Å². The van der Waals surface area contributed by atoms with Crippen LogP contribution >= 0.6 is 0 Å². The van der Waals surface area contributed by atoms with E-state index in [0.717, 1.165) is 52.4 Å². The lowest BCUT2D eigenvalue weighted by molar-refractivity contribution is 0.629. The molecule has 4 rings (SSSR count). The molecule has 0 atom stereocenters. The molecule has 0 amide bonds. The number of nitrogens with two attached hydrogens (primary N) is 1. The van der Waals surface area contributed by atoms with Crippen LogP contribution in [-0.2, 0) is 6.54 Å². The zero-order valence-electron chi connectivity index (χ0n) is 15.7. The van der Waals surface area contributed by atoms with Crippen LogP contribution in [0.3, 0.4) is 0 Å². The highest BCUT2D eigenvalue weighted by atomic mass is 19.1. The Labute approximate surface area is 163 Å². The van der Waals surface area contributed by atoms with Gasteiger partial charge in [0.2, 0.25) is 0 Å². The first-order chi connectivity index (χ1) is 13.8. The molecule has 0 spiro atoms. The van der Waals surface area contributed by atoms with Crippen molar-refractivity contribution in [3.8, 4) is 0 Å². The fourth-order valence-electron chi connectivity index (χ4n) is 3.59. The smallest absolute Gasteiger partial charge is 0.123 e. The fraction of sp³-hybridized carbons (Fsp3) is 0.217. The third-order valence-corrected chi connectivity index (χ3v) is 4.98. The Morgan fingerprint density at radius 2 is 1.79 bits per heavy atom. The molecule has 0 aliphatic rings. The monoisotopic (exact) mass is 374 g/mol. The molecule has 28 heavy (non-hydrogen) atoms. The first kappa shape index (κ1) is 18.3. The third-order valence-electron chi connectivity index (χ3n) is 4.98. The van der Waals surface area contributed by atoms with Crippen LogP contribution in [0.4, 0.5) is 10.1 Å². The second-order valence-electron chi connectivity index (χ2n) is 6.89. The van der Waals surface area contributed by atoms with Crippen LogP contribution in [0.25, 0.3) is 21.7 Å². The van der Waals surface area contributed by atoms with Crippen molar-refractivity contribution in [2.75, 3.05) is 18.0 Å². The third kappa shape index (κ3) is 3.80. The molecule has 0 saturated carbocycles. The molecule has 2 heterocycles. The molecule has 0 radical (unpaired) electrons. The number of aromatic nitrogens is 2. The largest absolute Gasteiger partial charge is 0.364 e. The van der Waals surface area contributed by atoms with E-state index in [4.69, 9.17) is 5.73 Å². The lowest BCUT2D eigenvalue weighted by atomic mass is 10.1. The second-order valence-corrected chi connectivity index (χ2v) is 6.89.